The first-order valence-corrected chi connectivity index (χ1v) is 12.9. The van der Waals surface area contributed by atoms with E-state index in [9.17, 15) is 22.4 Å². The molecular weight excluding hydrogens is 534 g/mol. The molecule has 196 valence electrons. The normalized spacial score (nSPS) is 18.5. The summed E-state index contributed by atoms with van der Waals surface area (Å²) in [5.41, 5.74) is 0.913. The van der Waals surface area contributed by atoms with Gasteiger partial charge in [-0.3, -0.25) is 9.48 Å². The predicted molar refractivity (Wildman–Crippen MR) is 129 cm³/mol. The fourth-order valence-corrected chi connectivity index (χ4v) is 5.76. The standard InChI is InChI=1S/C24H22ClF4N5O2S/c25-15-4-2-1-3-14(15)20-10-16(32-36-20)18-12-37-24(30-18)13-5-7-33(8-6-13)21(35)11-34-19(23(28)29)9-17(31-34)22(26)27/h1-4,9,12-13,20,22-23H,5-8,10-11H2/t20-/m0/s1. The molecule has 2 aromatic heterocycles. The van der Waals surface area contributed by atoms with Crippen molar-refractivity contribution in [2.24, 2.45) is 5.16 Å². The monoisotopic (exact) mass is 555 g/mol. The van der Waals surface area contributed by atoms with Gasteiger partial charge in [0.1, 0.15) is 23.6 Å². The van der Waals surface area contributed by atoms with Gasteiger partial charge >= 0.3 is 0 Å². The first kappa shape index (κ1) is 25.7. The van der Waals surface area contributed by atoms with Crippen molar-refractivity contribution >= 4 is 34.6 Å². The number of nitrogens with zero attached hydrogens (tertiary/aromatic N) is 5. The van der Waals surface area contributed by atoms with E-state index in [1.54, 1.807) is 4.90 Å². The van der Waals surface area contributed by atoms with Crippen LogP contribution in [0.2, 0.25) is 5.02 Å². The van der Waals surface area contributed by atoms with Gasteiger partial charge in [0.2, 0.25) is 5.91 Å². The zero-order valence-electron chi connectivity index (χ0n) is 19.4. The van der Waals surface area contributed by atoms with Crippen LogP contribution in [0.5, 0.6) is 0 Å². The van der Waals surface area contributed by atoms with Crippen molar-refractivity contribution < 1.29 is 27.2 Å². The van der Waals surface area contributed by atoms with Crippen molar-refractivity contribution in [3.63, 3.8) is 0 Å². The number of oxime groups is 1. The highest BCUT2D eigenvalue weighted by atomic mass is 35.5. The third-order valence-corrected chi connectivity index (χ3v) is 7.85. The minimum absolute atomic E-state index is 0.136. The molecule has 4 heterocycles. The topological polar surface area (TPSA) is 72.6 Å². The summed E-state index contributed by atoms with van der Waals surface area (Å²) in [6.07, 6.45) is -4.41. The summed E-state index contributed by atoms with van der Waals surface area (Å²) in [5.74, 6) is -0.302. The molecule has 0 spiro atoms. The molecule has 2 aliphatic rings. The second-order valence-corrected chi connectivity index (χ2v) is 10.1. The van der Waals surface area contributed by atoms with Gasteiger partial charge in [-0.2, -0.15) is 5.10 Å². The molecule has 0 aliphatic carbocycles. The molecule has 1 amide bonds. The van der Waals surface area contributed by atoms with Gasteiger partial charge in [0.25, 0.3) is 12.9 Å². The predicted octanol–water partition coefficient (Wildman–Crippen LogP) is 6.14. The Balaban J connectivity index is 1.17. The number of amides is 1. The summed E-state index contributed by atoms with van der Waals surface area (Å²) in [6.45, 7) is 0.305. The van der Waals surface area contributed by atoms with Crippen molar-refractivity contribution in [2.45, 2.75) is 50.7 Å². The number of piperidine rings is 1. The zero-order valence-corrected chi connectivity index (χ0v) is 20.9. The molecule has 0 N–H and O–H groups in total. The molecule has 1 aromatic carbocycles. The summed E-state index contributed by atoms with van der Waals surface area (Å²) >= 11 is 7.80. The summed E-state index contributed by atoms with van der Waals surface area (Å²) in [7, 11) is 0. The second-order valence-electron chi connectivity index (χ2n) is 8.84. The van der Waals surface area contributed by atoms with Gasteiger partial charge in [-0.25, -0.2) is 22.5 Å². The fourth-order valence-electron chi connectivity index (χ4n) is 4.50. The van der Waals surface area contributed by atoms with Gasteiger partial charge < -0.3 is 9.74 Å². The fraction of sp³-hybridized carbons (Fsp3) is 0.417. The average Bonchev–Trinajstić information content (AvgIpc) is 3.64. The number of alkyl halides is 4. The summed E-state index contributed by atoms with van der Waals surface area (Å²) in [5, 5.41) is 11.2. The Morgan fingerprint density at radius 2 is 1.92 bits per heavy atom. The number of rotatable bonds is 7. The van der Waals surface area contributed by atoms with E-state index in [1.807, 2.05) is 29.6 Å². The maximum Gasteiger partial charge on any atom is 0.282 e. The van der Waals surface area contributed by atoms with E-state index < -0.39 is 36.7 Å². The highest BCUT2D eigenvalue weighted by Crippen LogP contribution is 2.36. The third kappa shape index (κ3) is 5.49. The number of likely N-dealkylation sites (tertiary alicyclic amines) is 1. The lowest BCUT2D eigenvalue weighted by molar-refractivity contribution is -0.133. The van der Waals surface area contributed by atoms with E-state index in [2.05, 4.69) is 10.3 Å². The highest BCUT2D eigenvalue weighted by molar-refractivity contribution is 7.10. The molecule has 2 aliphatic heterocycles. The molecule has 1 saturated heterocycles. The van der Waals surface area contributed by atoms with Crippen LogP contribution in [0.3, 0.4) is 0 Å². The van der Waals surface area contributed by atoms with Gasteiger partial charge in [0, 0.05) is 41.4 Å². The quantitative estimate of drug-likeness (QED) is 0.328. The molecule has 1 fully saturated rings. The van der Waals surface area contributed by atoms with Gasteiger partial charge in [0.05, 0.1) is 10.7 Å². The number of hydrogen-bond donors (Lipinski definition) is 0. The van der Waals surface area contributed by atoms with E-state index in [-0.39, 0.29) is 12.0 Å². The lowest BCUT2D eigenvalue weighted by Gasteiger charge is -2.31. The summed E-state index contributed by atoms with van der Waals surface area (Å²) < 4.78 is 52.9. The number of carbonyl (C=O) groups excluding carboxylic acids is 1. The van der Waals surface area contributed by atoms with E-state index in [0.29, 0.717) is 48.1 Å². The van der Waals surface area contributed by atoms with Crippen LogP contribution >= 0.6 is 22.9 Å². The largest absolute Gasteiger partial charge is 0.387 e. The van der Waals surface area contributed by atoms with Crippen molar-refractivity contribution in [1.82, 2.24) is 19.7 Å². The van der Waals surface area contributed by atoms with Crippen molar-refractivity contribution in [2.75, 3.05) is 13.1 Å². The van der Waals surface area contributed by atoms with Gasteiger partial charge in [-0.05, 0) is 25.0 Å². The molecule has 5 rings (SSSR count). The van der Waals surface area contributed by atoms with Crippen LogP contribution in [-0.4, -0.2) is 44.4 Å². The number of halogens is 5. The molecule has 0 radical (unpaired) electrons. The molecule has 0 saturated carbocycles. The van der Waals surface area contributed by atoms with Gasteiger partial charge in [-0.1, -0.05) is 35.0 Å². The number of thiazole rings is 1. The van der Waals surface area contributed by atoms with Crippen molar-refractivity contribution in [1.29, 1.82) is 0 Å². The van der Waals surface area contributed by atoms with Crippen molar-refractivity contribution in [3.8, 4) is 0 Å². The average molecular weight is 556 g/mol. The zero-order chi connectivity index (χ0) is 26.1. The first-order chi connectivity index (χ1) is 17.8. The van der Waals surface area contributed by atoms with Crippen LogP contribution in [0.15, 0.2) is 40.9 Å². The smallest absolute Gasteiger partial charge is 0.282 e. The SMILES string of the molecule is O=C(Cn1nc(C(F)F)cc1C(F)F)N1CCC(c2nc(C3=NO[C@H](c4ccccc4Cl)C3)cs2)CC1. The number of hydrogen-bond acceptors (Lipinski definition) is 6. The third-order valence-electron chi connectivity index (χ3n) is 6.50. The van der Waals surface area contributed by atoms with Crippen LogP contribution in [0.4, 0.5) is 17.6 Å². The van der Waals surface area contributed by atoms with E-state index in [1.165, 1.54) is 11.3 Å². The van der Waals surface area contributed by atoms with Crippen LogP contribution in [-0.2, 0) is 16.2 Å². The number of aromatic nitrogens is 3. The minimum atomic E-state index is -3.01. The highest BCUT2D eigenvalue weighted by Gasteiger charge is 2.30. The minimum Gasteiger partial charge on any atom is -0.387 e. The van der Waals surface area contributed by atoms with E-state index in [4.69, 9.17) is 21.4 Å². The lowest BCUT2D eigenvalue weighted by Crippen LogP contribution is -2.40. The number of benzene rings is 1. The molecular formula is C24H22ClF4N5O2S. The van der Waals surface area contributed by atoms with Gasteiger partial charge in [0.15, 0.2) is 6.10 Å². The molecule has 0 bridgehead atoms. The maximum absolute atomic E-state index is 13.2. The van der Waals surface area contributed by atoms with E-state index in [0.717, 1.165) is 22.0 Å². The first-order valence-electron chi connectivity index (χ1n) is 11.6. The van der Waals surface area contributed by atoms with E-state index >= 15 is 0 Å². The van der Waals surface area contributed by atoms with Crippen molar-refractivity contribution in [3.05, 3.63) is 68.4 Å². The van der Waals surface area contributed by atoms with Crippen LogP contribution in [0.25, 0.3) is 0 Å². The van der Waals surface area contributed by atoms with Gasteiger partial charge in [-0.15, -0.1) is 11.3 Å². The maximum atomic E-state index is 13.2. The Bertz CT molecular complexity index is 1310. The van der Waals surface area contributed by atoms with Crippen LogP contribution in [0.1, 0.15) is 71.8 Å². The Morgan fingerprint density at radius 3 is 2.62 bits per heavy atom. The molecule has 0 unspecified atom stereocenters. The lowest BCUT2D eigenvalue weighted by atomic mass is 9.97. The molecule has 7 nitrogen and oxygen atoms in total. The Hall–Kier alpha value is -2.99. The van der Waals surface area contributed by atoms with Crippen LogP contribution in [0, 0.1) is 0 Å². The Kier molecular flexibility index (Phi) is 7.47. The Morgan fingerprint density at radius 1 is 1.16 bits per heavy atom. The molecule has 3 aromatic rings. The summed E-state index contributed by atoms with van der Waals surface area (Å²) in [4.78, 5) is 24.6. The second kappa shape index (κ2) is 10.8. The Labute approximate surface area is 218 Å². The summed E-state index contributed by atoms with van der Waals surface area (Å²) in [6, 6.07) is 8.11. The van der Waals surface area contributed by atoms with Crippen LogP contribution < -0.4 is 0 Å². The molecule has 13 heteroatoms. The molecule has 37 heavy (non-hydrogen) atoms. The number of carbonyl (C=O) groups is 1. The molecule has 1 atom stereocenters.